The van der Waals surface area contributed by atoms with Crippen LogP contribution in [0.2, 0.25) is 0 Å². The molecule has 0 aliphatic rings. The Labute approximate surface area is 112 Å². The average Bonchev–Trinajstić information content (AvgIpc) is 2.81. The molecule has 92 valence electrons. The third-order valence-corrected chi connectivity index (χ3v) is 3.79. The van der Waals surface area contributed by atoms with E-state index in [2.05, 4.69) is 26.0 Å². The summed E-state index contributed by atoms with van der Waals surface area (Å²) in [5, 5.41) is 4.19. The quantitative estimate of drug-likeness (QED) is 0.750. The number of aryl methyl sites for hydroxylation is 2. The van der Waals surface area contributed by atoms with Gasteiger partial charge in [-0.1, -0.05) is 6.07 Å². The van der Waals surface area contributed by atoms with Gasteiger partial charge in [-0.15, -0.1) is 0 Å². The van der Waals surface area contributed by atoms with Crippen LogP contribution in [0.4, 0.5) is 5.82 Å². The van der Waals surface area contributed by atoms with Gasteiger partial charge in [0.2, 0.25) is 0 Å². The Morgan fingerprint density at radius 3 is 2.72 bits per heavy atom. The molecule has 0 fully saturated rings. The van der Waals surface area contributed by atoms with Crippen molar-refractivity contribution in [3.8, 4) is 11.3 Å². The summed E-state index contributed by atoms with van der Waals surface area (Å²) in [7, 11) is 3.85. The third kappa shape index (κ3) is 1.53. The van der Waals surface area contributed by atoms with E-state index in [4.69, 9.17) is 5.73 Å². The summed E-state index contributed by atoms with van der Waals surface area (Å²) in [6, 6.07) is 6.13. The largest absolute Gasteiger partial charge is 0.381 e. The lowest BCUT2D eigenvalue weighted by Crippen LogP contribution is -1.94. The number of aromatic nitrogens is 4. The van der Waals surface area contributed by atoms with Gasteiger partial charge in [-0.25, -0.2) is 4.98 Å². The van der Waals surface area contributed by atoms with E-state index in [1.165, 1.54) is 0 Å². The maximum atomic E-state index is 5.80. The number of benzene rings is 1. The topological polar surface area (TPSA) is 61.7 Å². The molecule has 2 heterocycles. The Hall–Kier alpha value is -1.82. The van der Waals surface area contributed by atoms with Crippen LogP contribution in [0.3, 0.4) is 0 Å². The van der Waals surface area contributed by atoms with Gasteiger partial charge in [-0.3, -0.25) is 4.68 Å². The van der Waals surface area contributed by atoms with Crippen molar-refractivity contribution in [2.24, 2.45) is 14.1 Å². The van der Waals surface area contributed by atoms with Crippen LogP contribution in [0, 0.1) is 0 Å². The summed E-state index contributed by atoms with van der Waals surface area (Å²) in [6.45, 7) is 0. The van der Waals surface area contributed by atoms with Crippen molar-refractivity contribution in [3.05, 3.63) is 29.0 Å². The number of fused-ring (bicyclic) bond motifs is 1. The molecule has 0 saturated carbocycles. The number of halogens is 1. The van der Waals surface area contributed by atoms with Crippen LogP contribution in [0.15, 0.2) is 29.0 Å². The predicted molar refractivity (Wildman–Crippen MR) is 75.0 cm³/mol. The first kappa shape index (κ1) is 11.3. The van der Waals surface area contributed by atoms with Crippen molar-refractivity contribution in [1.29, 1.82) is 0 Å². The van der Waals surface area contributed by atoms with E-state index in [9.17, 15) is 0 Å². The zero-order valence-electron chi connectivity index (χ0n) is 10.1. The van der Waals surface area contributed by atoms with E-state index in [1.54, 1.807) is 11.0 Å². The summed E-state index contributed by atoms with van der Waals surface area (Å²) < 4.78 is 4.58. The highest BCUT2D eigenvalue weighted by molar-refractivity contribution is 9.10. The molecule has 1 aromatic carbocycles. The number of nitrogens with two attached hydrogens (primary N) is 1. The molecule has 0 spiro atoms. The molecule has 6 heteroatoms. The van der Waals surface area contributed by atoms with Crippen molar-refractivity contribution in [2.45, 2.75) is 0 Å². The highest BCUT2D eigenvalue weighted by atomic mass is 79.9. The van der Waals surface area contributed by atoms with Crippen molar-refractivity contribution >= 4 is 32.8 Å². The lowest BCUT2D eigenvalue weighted by Gasteiger charge is -2.03. The minimum absolute atomic E-state index is 0.494. The van der Waals surface area contributed by atoms with Gasteiger partial charge < -0.3 is 10.3 Å². The van der Waals surface area contributed by atoms with Gasteiger partial charge in [0.05, 0.1) is 27.5 Å². The van der Waals surface area contributed by atoms with Gasteiger partial charge in [0, 0.05) is 19.7 Å². The molecule has 3 aromatic rings. The molecular weight excluding hydrogens is 294 g/mol. The smallest absolute Gasteiger partial charge is 0.160 e. The van der Waals surface area contributed by atoms with Crippen LogP contribution in [-0.4, -0.2) is 19.3 Å². The van der Waals surface area contributed by atoms with Crippen LogP contribution in [0.5, 0.6) is 0 Å². The lowest BCUT2D eigenvalue weighted by atomic mass is 10.1. The molecule has 0 aliphatic heterocycles. The summed E-state index contributed by atoms with van der Waals surface area (Å²) >= 11 is 3.47. The maximum absolute atomic E-state index is 5.80. The number of hydrogen-bond acceptors (Lipinski definition) is 3. The van der Waals surface area contributed by atoms with E-state index in [1.807, 2.05) is 36.9 Å². The molecule has 0 aliphatic carbocycles. The molecule has 18 heavy (non-hydrogen) atoms. The van der Waals surface area contributed by atoms with Gasteiger partial charge >= 0.3 is 0 Å². The minimum Gasteiger partial charge on any atom is -0.381 e. The number of hydrogen-bond donors (Lipinski definition) is 1. The van der Waals surface area contributed by atoms with Gasteiger partial charge in [-0.2, -0.15) is 5.10 Å². The molecule has 5 nitrogen and oxygen atoms in total. The normalized spacial score (nSPS) is 11.3. The van der Waals surface area contributed by atoms with E-state index in [0.717, 1.165) is 26.8 Å². The molecule has 2 N–H and O–H groups in total. The molecule has 0 unspecified atom stereocenters. The van der Waals surface area contributed by atoms with Crippen LogP contribution in [-0.2, 0) is 14.1 Å². The van der Waals surface area contributed by atoms with Crippen molar-refractivity contribution < 1.29 is 0 Å². The second-order valence-electron chi connectivity index (χ2n) is 4.23. The first-order chi connectivity index (χ1) is 8.58. The molecule has 0 amide bonds. The SMILES string of the molecule is Cn1nc(N)c(Br)c1-c1ccc2c(c1)ncn2C. The molecule has 2 aromatic heterocycles. The fraction of sp³-hybridized carbons (Fsp3) is 0.167. The number of nitrogen functional groups attached to an aromatic ring is 1. The monoisotopic (exact) mass is 305 g/mol. The maximum Gasteiger partial charge on any atom is 0.160 e. The van der Waals surface area contributed by atoms with Crippen LogP contribution >= 0.6 is 15.9 Å². The van der Waals surface area contributed by atoms with Crippen LogP contribution in [0.25, 0.3) is 22.3 Å². The number of imidazole rings is 1. The molecule has 0 bridgehead atoms. The molecule has 0 atom stereocenters. The summed E-state index contributed by atoms with van der Waals surface area (Å²) in [4.78, 5) is 4.36. The van der Waals surface area contributed by atoms with Crippen molar-refractivity contribution in [1.82, 2.24) is 19.3 Å². The van der Waals surface area contributed by atoms with Crippen molar-refractivity contribution in [2.75, 3.05) is 5.73 Å². The number of nitrogens with zero attached hydrogens (tertiary/aromatic N) is 4. The fourth-order valence-corrected chi connectivity index (χ4v) is 2.68. The van der Waals surface area contributed by atoms with Crippen molar-refractivity contribution in [3.63, 3.8) is 0 Å². The van der Waals surface area contributed by atoms with E-state index >= 15 is 0 Å². The van der Waals surface area contributed by atoms with E-state index < -0.39 is 0 Å². The second-order valence-corrected chi connectivity index (χ2v) is 5.02. The predicted octanol–water partition coefficient (Wildman–Crippen LogP) is 2.32. The Morgan fingerprint density at radius 1 is 1.28 bits per heavy atom. The molecular formula is C12H12BrN5. The molecule has 3 rings (SSSR count). The first-order valence-electron chi connectivity index (χ1n) is 5.47. The van der Waals surface area contributed by atoms with Crippen LogP contribution in [0.1, 0.15) is 0 Å². The zero-order valence-corrected chi connectivity index (χ0v) is 11.6. The highest BCUT2D eigenvalue weighted by Crippen LogP contribution is 2.33. The third-order valence-electron chi connectivity index (χ3n) is 3.01. The van der Waals surface area contributed by atoms with Gasteiger partial charge in [0.25, 0.3) is 0 Å². The lowest BCUT2D eigenvalue weighted by molar-refractivity contribution is 0.780. The Morgan fingerprint density at radius 2 is 2.06 bits per heavy atom. The Balaban J connectivity index is 2.25. The molecule has 0 radical (unpaired) electrons. The van der Waals surface area contributed by atoms with Gasteiger partial charge in [-0.05, 0) is 28.1 Å². The first-order valence-corrected chi connectivity index (χ1v) is 6.26. The highest BCUT2D eigenvalue weighted by Gasteiger charge is 2.14. The average molecular weight is 306 g/mol. The van der Waals surface area contributed by atoms with E-state index in [0.29, 0.717) is 5.82 Å². The second kappa shape index (κ2) is 3.84. The van der Waals surface area contributed by atoms with Crippen LogP contribution < -0.4 is 5.73 Å². The summed E-state index contributed by atoms with van der Waals surface area (Å²) in [5.74, 6) is 0.494. The number of anilines is 1. The summed E-state index contributed by atoms with van der Waals surface area (Å²) in [6.07, 6.45) is 1.81. The zero-order chi connectivity index (χ0) is 12.9. The van der Waals surface area contributed by atoms with Gasteiger partial charge in [0.1, 0.15) is 0 Å². The number of rotatable bonds is 1. The van der Waals surface area contributed by atoms with Gasteiger partial charge in [0.15, 0.2) is 5.82 Å². The standard InChI is InChI=1S/C12H12BrN5/c1-17-6-15-8-5-7(3-4-9(8)17)11-10(13)12(14)16-18(11)2/h3-6H,1-2H3,(H2,14,16). The minimum atomic E-state index is 0.494. The Bertz CT molecular complexity index is 740. The Kier molecular flexibility index (Phi) is 2.41. The summed E-state index contributed by atoms with van der Waals surface area (Å²) in [5.41, 5.74) is 9.86. The molecule has 0 saturated heterocycles. The van der Waals surface area contributed by atoms with E-state index in [-0.39, 0.29) is 0 Å². The fourth-order valence-electron chi connectivity index (χ4n) is 2.12.